The van der Waals surface area contributed by atoms with Crippen LogP contribution >= 0.6 is 11.6 Å². The van der Waals surface area contributed by atoms with Crippen molar-refractivity contribution in [2.24, 2.45) is 0 Å². The van der Waals surface area contributed by atoms with Crippen LogP contribution < -0.4 is 4.74 Å². The standard InChI is InChI=1S/C18H19ClO2/c1-20-13-6-14-21-18-11-10-15-7-2-3-8-16(15)17(18)9-4-5-12-19/h2-3,7-8,10-11H,5-6,12-14H2,1H3. The van der Waals surface area contributed by atoms with Crippen molar-refractivity contribution < 1.29 is 9.47 Å². The summed E-state index contributed by atoms with van der Waals surface area (Å²) in [4.78, 5) is 0. The zero-order valence-electron chi connectivity index (χ0n) is 12.2. The molecule has 0 saturated carbocycles. The lowest BCUT2D eigenvalue weighted by atomic mass is 10.0. The van der Waals surface area contributed by atoms with Crippen molar-refractivity contribution in [2.45, 2.75) is 12.8 Å². The maximum Gasteiger partial charge on any atom is 0.135 e. The summed E-state index contributed by atoms with van der Waals surface area (Å²) in [5.74, 6) is 7.68. The van der Waals surface area contributed by atoms with E-state index < -0.39 is 0 Å². The quantitative estimate of drug-likeness (QED) is 0.451. The Morgan fingerprint density at radius 3 is 2.76 bits per heavy atom. The first-order valence-corrected chi connectivity index (χ1v) is 7.58. The van der Waals surface area contributed by atoms with E-state index in [0.717, 1.165) is 28.5 Å². The van der Waals surface area contributed by atoms with Crippen LogP contribution in [0.3, 0.4) is 0 Å². The van der Waals surface area contributed by atoms with Crippen molar-refractivity contribution in [3.8, 4) is 17.6 Å². The third-order valence-electron chi connectivity index (χ3n) is 3.07. The average Bonchev–Trinajstić information content (AvgIpc) is 2.53. The molecule has 110 valence electrons. The number of halogens is 1. The molecule has 0 heterocycles. The highest BCUT2D eigenvalue weighted by Gasteiger charge is 2.06. The molecular weight excluding hydrogens is 284 g/mol. The molecule has 0 aliphatic carbocycles. The summed E-state index contributed by atoms with van der Waals surface area (Å²) >= 11 is 5.70. The summed E-state index contributed by atoms with van der Waals surface area (Å²) in [6.45, 7) is 1.32. The number of methoxy groups -OCH3 is 1. The molecule has 2 nitrogen and oxygen atoms in total. The summed E-state index contributed by atoms with van der Waals surface area (Å²) in [5.41, 5.74) is 0.940. The minimum atomic E-state index is 0.543. The molecule has 0 amide bonds. The summed E-state index contributed by atoms with van der Waals surface area (Å²) in [6, 6.07) is 12.2. The lowest BCUT2D eigenvalue weighted by Crippen LogP contribution is -2.02. The van der Waals surface area contributed by atoms with E-state index in [1.54, 1.807) is 7.11 Å². The fourth-order valence-electron chi connectivity index (χ4n) is 2.08. The minimum absolute atomic E-state index is 0.543. The highest BCUT2D eigenvalue weighted by atomic mass is 35.5. The van der Waals surface area contributed by atoms with Crippen LogP contribution in [0.5, 0.6) is 5.75 Å². The van der Waals surface area contributed by atoms with Gasteiger partial charge in [0.25, 0.3) is 0 Å². The topological polar surface area (TPSA) is 18.5 Å². The van der Waals surface area contributed by atoms with Gasteiger partial charge in [-0.05, 0) is 11.5 Å². The zero-order valence-corrected chi connectivity index (χ0v) is 13.0. The van der Waals surface area contributed by atoms with Crippen LogP contribution in [-0.4, -0.2) is 26.2 Å². The van der Waals surface area contributed by atoms with E-state index in [-0.39, 0.29) is 0 Å². The smallest absolute Gasteiger partial charge is 0.135 e. The van der Waals surface area contributed by atoms with Crippen LogP contribution in [0.15, 0.2) is 36.4 Å². The molecule has 0 aliphatic heterocycles. The molecule has 21 heavy (non-hydrogen) atoms. The largest absolute Gasteiger partial charge is 0.492 e. The van der Waals surface area contributed by atoms with Gasteiger partial charge in [-0.1, -0.05) is 42.2 Å². The monoisotopic (exact) mass is 302 g/mol. The second-order valence-corrected chi connectivity index (χ2v) is 4.97. The normalized spacial score (nSPS) is 10.2. The fraction of sp³-hybridized carbons (Fsp3) is 0.333. The fourth-order valence-corrected chi connectivity index (χ4v) is 2.18. The number of benzene rings is 2. The number of hydrogen-bond acceptors (Lipinski definition) is 2. The van der Waals surface area contributed by atoms with Crippen LogP contribution in [0.25, 0.3) is 10.8 Å². The lowest BCUT2D eigenvalue weighted by Gasteiger charge is -2.10. The maximum absolute atomic E-state index is 5.86. The molecule has 0 aromatic heterocycles. The maximum atomic E-state index is 5.86. The first-order valence-electron chi connectivity index (χ1n) is 7.05. The predicted molar refractivity (Wildman–Crippen MR) is 88.2 cm³/mol. The van der Waals surface area contributed by atoms with Gasteiger partial charge in [0.05, 0.1) is 12.2 Å². The molecule has 2 aromatic rings. The molecule has 2 aromatic carbocycles. The Morgan fingerprint density at radius 2 is 1.95 bits per heavy atom. The number of hydrogen-bond donors (Lipinski definition) is 0. The molecular formula is C18H19ClO2. The Kier molecular flexibility index (Phi) is 6.40. The summed E-state index contributed by atoms with van der Waals surface area (Å²) in [7, 11) is 1.69. The Bertz CT molecular complexity index is 640. The number of fused-ring (bicyclic) bond motifs is 1. The first kappa shape index (κ1) is 15.7. The van der Waals surface area contributed by atoms with E-state index in [1.165, 1.54) is 0 Å². The first-order chi connectivity index (χ1) is 10.4. The van der Waals surface area contributed by atoms with Gasteiger partial charge in [-0.25, -0.2) is 0 Å². The Morgan fingerprint density at radius 1 is 1.10 bits per heavy atom. The van der Waals surface area contributed by atoms with Gasteiger partial charge in [0.2, 0.25) is 0 Å². The third-order valence-corrected chi connectivity index (χ3v) is 3.26. The Labute approximate surface area is 131 Å². The van der Waals surface area contributed by atoms with Gasteiger partial charge in [0.1, 0.15) is 5.75 Å². The summed E-state index contributed by atoms with van der Waals surface area (Å²) in [5, 5.41) is 2.28. The van der Waals surface area contributed by atoms with Gasteiger partial charge in [-0.3, -0.25) is 0 Å². The second kappa shape index (κ2) is 8.56. The number of ether oxygens (including phenoxy) is 2. The molecule has 0 N–H and O–H groups in total. The third kappa shape index (κ3) is 4.39. The average molecular weight is 303 g/mol. The molecule has 0 radical (unpaired) electrons. The van der Waals surface area contributed by atoms with Crippen LogP contribution in [0, 0.1) is 11.8 Å². The molecule has 0 atom stereocenters. The molecule has 3 heteroatoms. The molecule has 0 saturated heterocycles. The van der Waals surface area contributed by atoms with Gasteiger partial charge < -0.3 is 9.47 Å². The predicted octanol–water partition coefficient (Wildman–Crippen LogP) is 4.24. The highest BCUT2D eigenvalue weighted by Crippen LogP contribution is 2.27. The zero-order chi connectivity index (χ0) is 14.9. The van der Waals surface area contributed by atoms with Crippen molar-refractivity contribution in [1.29, 1.82) is 0 Å². The van der Waals surface area contributed by atoms with Gasteiger partial charge in [-0.15, -0.1) is 11.6 Å². The molecule has 0 spiro atoms. The molecule has 0 fully saturated rings. The molecule has 0 aliphatic rings. The highest BCUT2D eigenvalue weighted by molar-refractivity contribution is 6.18. The number of alkyl halides is 1. The van der Waals surface area contributed by atoms with Crippen molar-refractivity contribution in [3.05, 3.63) is 42.0 Å². The van der Waals surface area contributed by atoms with Crippen LogP contribution in [0.4, 0.5) is 0 Å². The van der Waals surface area contributed by atoms with E-state index in [9.17, 15) is 0 Å². The van der Waals surface area contributed by atoms with E-state index in [0.29, 0.717) is 25.5 Å². The van der Waals surface area contributed by atoms with Crippen molar-refractivity contribution in [1.82, 2.24) is 0 Å². The van der Waals surface area contributed by atoms with Crippen LogP contribution in [0.1, 0.15) is 18.4 Å². The minimum Gasteiger partial charge on any atom is -0.492 e. The number of rotatable bonds is 6. The van der Waals surface area contributed by atoms with Crippen molar-refractivity contribution in [3.63, 3.8) is 0 Å². The lowest BCUT2D eigenvalue weighted by molar-refractivity contribution is 0.172. The summed E-state index contributed by atoms with van der Waals surface area (Å²) < 4.78 is 10.9. The molecule has 0 bridgehead atoms. The Hall–Kier alpha value is -1.69. The van der Waals surface area contributed by atoms with Crippen LogP contribution in [0.2, 0.25) is 0 Å². The summed E-state index contributed by atoms with van der Waals surface area (Å²) in [6.07, 6.45) is 1.53. The van der Waals surface area contributed by atoms with Crippen LogP contribution in [-0.2, 0) is 4.74 Å². The second-order valence-electron chi connectivity index (χ2n) is 4.60. The molecule has 0 unspecified atom stereocenters. The SMILES string of the molecule is COCCCOc1ccc2ccccc2c1C#CCCCl. The molecule has 2 rings (SSSR count). The van der Waals surface area contributed by atoms with E-state index in [1.807, 2.05) is 18.2 Å². The van der Waals surface area contributed by atoms with Crippen molar-refractivity contribution in [2.75, 3.05) is 26.2 Å². The van der Waals surface area contributed by atoms with E-state index >= 15 is 0 Å². The van der Waals surface area contributed by atoms with E-state index in [4.69, 9.17) is 21.1 Å². The van der Waals surface area contributed by atoms with E-state index in [2.05, 4.69) is 30.0 Å². The van der Waals surface area contributed by atoms with Gasteiger partial charge in [-0.2, -0.15) is 0 Å². The van der Waals surface area contributed by atoms with Gasteiger partial charge >= 0.3 is 0 Å². The Balaban J connectivity index is 2.30. The van der Waals surface area contributed by atoms with Gasteiger partial charge in [0.15, 0.2) is 0 Å². The van der Waals surface area contributed by atoms with Gasteiger partial charge in [0, 0.05) is 37.8 Å². The van der Waals surface area contributed by atoms with Crippen molar-refractivity contribution >= 4 is 22.4 Å².